The van der Waals surface area contributed by atoms with Crippen molar-refractivity contribution in [3.8, 4) is 0 Å². The van der Waals surface area contributed by atoms with Gasteiger partial charge in [-0.1, -0.05) is 0 Å². The minimum Gasteiger partial charge on any atom is -0.374 e. The van der Waals surface area contributed by atoms with Crippen LogP contribution in [0.1, 0.15) is 12.6 Å². The smallest absolute Gasteiger partial charge is 0.374 e. The standard InChI is InChI=1S/C8H12F3N3O/c1-5(12)7(15,8(9,10)11)6-3-4-14(2)13-6/h3-5,15H,12H2,1-2H3. The molecule has 0 amide bonds. The molecule has 0 aliphatic carbocycles. The summed E-state index contributed by atoms with van der Waals surface area (Å²) in [5.74, 6) is 0. The van der Waals surface area contributed by atoms with Gasteiger partial charge in [0.25, 0.3) is 0 Å². The first kappa shape index (κ1) is 12.0. The van der Waals surface area contributed by atoms with Crippen LogP contribution >= 0.6 is 0 Å². The number of hydrogen-bond donors (Lipinski definition) is 2. The first-order valence-corrected chi connectivity index (χ1v) is 4.24. The van der Waals surface area contributed by atoms with Crippen molar-refractivity contribution in [1.29, 1.82) is 0 Å². The lowest BCUT2D eigenvalue weighted by Gasteiger charge is -2.32. The molecule has 0 radical (unpaired) electrons. The van der Waals surface area contributed by atoms with Gasteiger partial charge in [-0.25, -0.2) is 0 Å². The molecule has 0 fully saturated rings. The molecule has 15 heavy (non-hydrogen) atoms. The number of nitrogens with zero attached hydrogens (tertiary/aromatic N) is 2. The maximum Gasteiger partial charge on any atom is 0.424 e. The van der Waals surface area contributed by atoms with Gasteiger partial charge in [0.2, 0.25) is 5.60 Å². The lowest BCUT2D eigenvalue weighted by atomic mass is 9.91. The topological polar surface area (TPSA) is 64.1 Å². The summed E-state index contributed by atoms with van der Waals surface area (Å²) in [5, 5.41) is 13.1. The van der Waals surface area contributed by atoms with E-state index in [1.54, 1.807) is 0 Å². The van der Waals surface area contributed by atoms with Crippen LogP contribution in [0.3, 0.4) is 0 Å². The molecule has 7 heteroatoms. The van der Waals surface area contributed by atoms with Gasteiger partial charge in [0, 0.05) is 19.3 Å². The van der Waals surface area contributed by atoms with E-state index in [2.05, 4.69) is 5.10 Å². The maximum atomic E-state index is 12.7. The van der Waals surface area contributed by atoms with Gasteiger partial charge in [-0.15, -0.1) is 0 Å². The van der Waals surface area contributed by atoms with E-state index in [-0.39, 0.29) is 0 Å². The van der Waals surface area contributed by atoms with Crippen LogP contribution in [0.5, 0.6) is 0 Å². The lowest BCUT2D eigenvalue weighted by Crippen LogP contribution is -2.54. The second-order valence-electron chi connectivity index (χ2n) is 3.43. The van der Waals surface area contributed by atoms with Crippen LogP contribution in [0, 0.1) is 0 Å². The Morgan fingerprint density at radius 3 is 2.33 bits per heavy atom. The van der Waals surface area contributed by atoms with E-state index in [0.717, 1.165) is 13.0 Å². The average Bonchev–Trinajstić information content (AvgIpc) is 2.48. The first-order chi connectivity index (χ1) is 6.69. The highest BCUT2D eigenvalue weighted by Gasteiger charge is 2.59. The molecule has 1 aromatic rings. The average molecular weight is 223 g/mol. The zero-order valence-corrected chi connectivity index (χ0v) is 8.28. The fraction of sp³-hybridized carbons (Fsp3) is 0.625. The maximum absolute atomic E-state index is 12.7. The van der Waals surface area contributed by atoms with Crippen LogP contribution in [0.2, 0.25) is 0 Å². The molecule has 2 unspecified atom stereocenters. The molecule has 3 N–H and O–H groups in total. The molecule has 0 saturated heterocycles. The number of hydrogen-bond acceptors (Lipinski definition) is 3. The number of halogens is 3. The highest BCUT2D eigenvalue weighted by atomic mass is 19.4. The Morgan fingerprint density at radius 2 is 2.07 bits per heavy atom. The second kappa shape index (κ2) is 3.49. The zero-order valence-electron chi connectivity index (χ0n) is 8.28. The van der Waals surface area contributed by atoms with Crippen molar-refractivity contribution in [2.75, 3.05) is 0 Å². The van der Waals surface area contributed by atoms with Crippen LogP contribution in [0.4, 0.5) is 13.2 Å². The van der Waals surface area contributed by atoms with Crippen molar-refractivity contribution >= 4 is 0 Å². The fourth-order valence-electron chi connectivity index (χ4n) is 1.25. The first-order valence-electron chi connectivity index (χ1n) is 4.24. The fourth-order valence-corrected chi connectivity index (χ4v) is 1.25. The predicted octanol–water partition coefficient (Wildman–Crippen LogP) is 0.517. The van der Waals surface area contributed by atoms with Gasteiger partial charge in [-0.3, -0.25) is 4.68 Å². The summed E-state index contributed by atoms with van der Waals surface area (Å²) in [6, 6.07) is -0.399. The molecular weight excluding hydrogens is 211 g/mol. The minimum absolute atomic E-state index is 0.493. The minimum atomic E-state index is -4.85. The zero-order chi connectivity index (χ0) is 11.9. The third-order valence-corrected chi connectivity index (χ3v) is 2.20. The van der Waals surface area contributed by atoms with Crippen LogP contribution in [0.15, 0.2) is 12.3 Å². The molecule has 1 rings (SSSR count). The number of aliphatic hydroxyl groups is 1. The summed E-state index contributed by atoms with van der Waals surface area (Å²) in [7, 11) is 1.46. The molecule has 4 nitrogen and oxygen atoms in total. The van der Waals surface area contributed by atoms with Gasteiger partial charge in [0.05, 0.1) is 0 Å². The largest absolute Gasteiger partial charge is 0.424 e. The molecule has 2 atom stereocenters. The second-order valence-corrected chi connectivity index (χ2v) is 3.43. The van der Waals surface area contributed by atoms with E-state index < -0.39 is 23.5 Å². The van der Waals surface area contributed by atoms with Crippen LogP contribution < -0.4 is 5.73 Å². The molecular formula is C8H12F3N3O. The Bertz CT molecular complexity index is 347. The Morgan fingerprint density at radius 1 is 1.53 bits per heavy atom. The van der Waals surface area contributed by atoms with Crippen molar-refractivity contribution in [3.63, 3.8) is 0 Å². The van der Waals surface area contributed by atoms with E-state index in [1.807, 2.05) is 0 Å². The number of aromatic nitrogens is 2. The van der Waals surface area contributed by atoms with E-state index in [9.17, 15) is 18.3 Å². The highest BCUT2D eigenvalue weighted by Crippen LogP contribution is 2.39. The van der Waals surface area contributed by atoms with E-state index >= 15 is 0 Å². The monoisotopic (exact) mass is 223 g/mol. The van der Waals surface area contributed by atoms with Crippen molar-refractivity contribution in [2.45, 2.75) is 24.7 Å². The molecule has 0 aliphatic heterocycles. The van der Waals surface area contributed by atoms with Crippen molar-refractivity contribution < 1.29 is 18.3 Å². The Kier molecular flexibility index (Phi) is 2.79. The molecule has 0 aliphatic rings. The van der Waals surface area contributed by atoms with Crippen LogP contribution in [0.25, 0.3) is 0 Å². The van der Waals surface area contributed by atoms with Gasteiger partial charge in [0.15, 0.2) is 0 Å². The Labute approximate surface area is 84.5 Å². The molecule has 86 valence electrons. The Balaban J connectivity index is 3.25. The summed E-state index contributed by atoms with van der Waals surface area (Å²) in [5.41, 5.74) is 1.58. The molecule has 1 heterocycles. The third-order valence-electron chi connectivity index (χ3n) is 2.20. The summed E-state index contributed by atoms with van der Waals surface area (Å²) >= 11 is 0. The molecule has 0 saturated carbocycles. The molecule has 0 bridgehead atoms. The van der Waals surface area contributed by atoms with Crippen LogP contribution in [-0.2, 0) is 12.6 Å². The van der Waals surface area contributed by atoms with Crippen molar-refractivity contribution in [1.82, 2.24) is 9.78 Å². The van der Waals surface area contributed by atoms with Crippen LogP contribution in [-0.4, -0.2) is 27.1 Å². The summed E-state index contributed by atoms with van der Waals surface area (Å²) in [6.45, 7) is 1.09. The van der Waals surface area contributed by atoms with Crippen molar-refractivity contribution in [3.05, 3.63) is 18.0 Å². The third kappa shape index (κ3) is 1.84. The predicted molar refractivity (Wildman–Crippen MR) is 46.8 cm³/mol. The van der Waals surface area contributed by atoms with Gasteiger partial charge in [-0.2, -0.15) is 18.3 Å². The van der Waals surface area contributed by atoms with E-state index in [1.165, 1.54) is 17.9 Å². The number of aryl methyl sites for hydroxylation is 1. The van der Waals surface area contributed by atoms with Gasteiger partial charge < -0.3 is 10.8 Å². The summed E-state index contributed by atoms with van der Waals surface area (Å²) < 4.78 is 39.2. The molecule has 1 aromatic heterocycles. The number of nitrogens with two attached hydrogens (primary N) is 1. The lowest BCUT2D eigenvalue weighted by molar-refractivity contribution is -0.274. The van der Waals surface area contributed by atoms with E-state index in [4.69, 9.17) is 5.73 Å². The quantitative estimate of drug-likeness (QED) is 0.768. The SMILES string of the molecule is CC(N)C(O)(c1ccn(C)n1)C(F)(F)F. The number of rotatable bonds is 2. The number of alkyl halides is 3. The molecule has 0 spiro atoms. The highest BCUT2D eigenvalue weighted by molar-refractivity contribution is 5.16. The Hall–Kier alpha value is -1.08. The van der Waals surface area contributed by atoms with Gasteiger partial charge in [-0.05, 0) is 13.0 Å². The summed E-state index contributed by atoms with van der Waals surface area (Å²) in [6.07, 6.45) is -3.54. The normalized spacial score (nSPS) is 18.6. The van der Waals surface area contributed by atoms with Crippen molar-refractivity contribution in [2.24, 2.45) is 12.8 Å². The van der Waals surface area contributed by atoms with Gasteiger partial charge in [0.1, 0.15) is 5.69 Å². The van der Waals surface area contributed by atoms with E-state index in [0.29, 0.717) is 0 Å². The van der Waals surface area contributed by atoms with Gasteiger partial charge >= 0.3 is 6.18 Å². The molecule has 0 aromatic carbocycles. The summed E-state index contributed by atoms with van der Waals surface area (Å²) in [4.78, 5) is 0.